The van der Waals surface area contributed by atoms with E-state index >= 15 is 4.39 Å². The second-order valence-electron chi connectivity index (χ2n) is 9.78. The minimum absolute atomic E-state index is 0.00608. The fourth-order valence-electron chi connectivity index (χ4n) is 5.95. The predicted octanol–water partition coefficient (Wildman–Crippen LogP) is 7.54. The summed E-state index contributed by atoms with van der Waals surface area (Å²) in [6, 6.07) is 0. The van der Waals surface area contributed by atoms with Crippen molar-refractivity contribution in [2.75, 3.05) is 0 Å². The van der Waals surface area contributed by atoms with E-state index in [4.69, 9.17) is 9.47 Å². The molecule has 2 heterocycles. The minimum atomic E-state index is -0.837. The first-order valence-corrected chi connectivity index (χ1v) is 12.5. The van der Waals surface area contributed by atoms with Crippen LogP contribution in [0.3, 0.4) is 0 Å². The van der Waals surface area contributed by atoms with Gasteiger partial charge in [0.1, 0.15) is 6.10 Å². The van der Waals surface area contributed by atoms with Crippen molar-refractivity contribution in [3.05, 3.63) is 22.8 Å². The number of rotatable bonds is 7. The number of ether oxygens (including phenoxy) is 2. The molecule has 0 aromatic heterocycles. The van der Waals surface area contributed by atoms with Gasteiger partial charge in [0, 0.05) is 11.1 Å². The highest BCUT2D eigenvalue weighted by Gasteiger charge is 2.37. The molecule has 0 N–H and O–H groups in total. The maximum absolute atomic E-state index is 15.0. The van der Waals surface area contributed by atoms with Crippen LogP contribution in [0.2, 0.25) is 0 Å². The monoisotopic (exact) mass is 420 g/mol. The van der Waals surface area contributed by atoms with Crippen LogP contribution in [0.4, 0.5) is 8.78 Å². The van der Waals surface area contributed by atoms with Crippen LogP contribution in [-0.2, 0) is 12.8 Å². The van der Waals surface area contributed by atoms with Gasteiger partial charge >= 0.3 is 0 Å². The van der Waals surface area contributed by atoms with Crippen LogP contribution >= 0.6 is 0 Å². The Morgan fingerprint density at radius 2 is 1.40 bits per heavy atom. The van der Waals surface area contributed by atoms with Gasteiger partial charge in [-0.2, -0.15) is 8.78 Å². The van der Waals surface area contributed by atoms with Crippen LogP contribution in [0.1, 0.15) is 102 Å². The number of benzene rings is 1. The zero-order valence-electron chi connectivity index (χ0n) is 18.8. The Bertz CT molecular complexity index is 724. The van der Waals surface area contributed by atoms with E-state index < -0.39 is 11.6 Å². The Balaban J connectivity index is 1.47. The zero-order valence-corrected chi connectivity index (χ0v) is 18.8. The summed E-state index contributed by atoms with van der Waals surface area (Å²) in [5.74, 6) is 0.000558. The molecule has 0 saturated heterocycles. The number of unbranched alkanes of at least 4 members (excludes halogenated alkanes) is 2. The first kappa shape index (κ1) is 21.9. The molecule has 4 heteroatoms. The van der Waals surface area contributed by atoms with Gasteiger partial charge in [-0.25, -0.2) is 0 Å². The topological polar surface area (TPSA) is 18.5 Å². The fourth-order valence-corrected chi connectivity index (χ4v) is 5.95. The molecule has 2 aliphatic heterocycles. The molecule has 30 heavy (non-hydrogen) atoms. The van der Waals surface area contributed by atoms with Gasteiger partial charge in [-0.05, 0) is 63.2 Å². The maximum atomic E-state index is 15.0. The van der Waals surface area contributed by atoms with Crippen molar-refractivity contribution >= 4 is 0 Å². The SMILES string of the molecule is CCCCC[C@@H]1CCc2c3c(c(F)c(F)c2O1)OC(C1CCC(CCC)CC1)CC3. The third-order valence-corrected chi connectivity index (χ3v) is 7.70. The molecule has 2 atom stereocenters. The van der Waals surface area contributed by atoms with E-state index in [0.717, 1.165) is 81.3 Å². The number of hydrogen-bond acceptors (Lipinski definition) is 2. The maximum Gasteiger partial charge on any atom is 0.204 e. The van der Waals surface area contributed by atoms with Gasteiger partial charge in [-0.3, -0.25) is 0 Å². The van der Waals surface area contributed by atoms with E-state index in [2.05, 4.69) is 13.8 Å². The molecule has 2 nitrogen and oxygen atoms in total. The van der Waals surface area contributed by atoms with Crippen LogP contribution in [0.5, 0.6) is 11.5 Å². The first-order valence-electron chi connectivity index (χ1n) is 12.5. The average Bonchev–Trinajstić information content (AvgIpc) is 2.78. The Morgan fingerprint density at radius 3 is 2.07 bits per heavy atom. The third kappa shape index (κ3) is 4.48. The van der Waals surface area contributed by atoms with Gasteiger partial charge in [0.2, 0.25) is 11.6 Å². The summed E-state index contributed by atoms with van der Waals surface area (Å²) >= 11 is 0. The molecule has 168 valence electrons. The Morgan fingerprint density at radius 1 is 0.733 bits per heavy atom. The van der Waals surface area contributed by atoms with E-state index in [1.807, 2.05) is 0 Å². The molecule has 0 radical (unpaired) electrons. The smallest absolute Gasteiger partial charge is 0.204 e. The van der Waals surface area contributed by atoms with E-state index in [-0.39, 0.29) is 23.7 Å². The van der Waals surface area contributed by atoms with E-state index in [9.17, 15) is 4.39 Å². The molecule has 1 saturated carbocycles. The van der Waals surface area contributed by atoms with Crippen molar-refractivity contribution in [1.29, 1.82) is 0 Å². The van der Waals surface area contributed by atoms with Gasteiger partial charge in [0.15, 0.2) is 11.5 Å². The van der Waals surface area contributed by atoms with Gasteiger partial charge in [-0.1, -0.05) is 52.4 Å². The summed E-state index contributed by atoms with van der Waals surface area (Å²) in [5, 5.41) is 0. The molecule has 0 bridgehead atoms. The predicted molar refractivity (Wildman–Crippen MR) is 116 cm³/mol. The highest BCUT2D eigenvalue weighted by molar-refractivity contribution is 5.52. The van der Waals surface area contributed by atoms with Crippen LogP contribution in [0.15, 0.2) is 0 Å². The largest absolute Gasteiger partial charge is 0.487 e. The van der Waals surface area contributed by atoms with Crippen LogP contribution in [-0.4, -0.2) is 12.2 Å². The molecule has 1 unspecified atom stereocenters. The van der Waals surface area contributed by atoms with Crippen LogP contribution in [0, 0.1) is 23.5 Å². The molecule has 0 amide bonds. The van der Waals surface area contributed by atoms with Crippen LogP contribution in [0.25, 0.3) is 0 Å². The van der Waals surface area contributed by atoms with Crippen molar-refractivity contribution in [3.63, 3.8) is 0 Å². The quantitative estimate of drug-likeness (QED) is 0.424. The molecule has 1 aromatic carbocycles. The number of hydrogen-bond donors (Lipinski definition) is 0. The highest BCUT2D eigenvalue weighted by Crippen LogP contribution is 2.46. The third-order valence-electron chi connectivity index (χ3n) is 7.70. The van der Waals surface area contributed by atoms with Crippen molar-refractivity contribution in [1.82, 2.24) is 0 Å². The molecule has 1 aliphatic carbocycles. The number of halogens is 2. The van der Waals surface area contributed by atoms with Crippen molar-refractivity contribution in [2.45, 2.75) is 116 Å². The summed E-state index contributed by atoms with van der Waals surface area (Å²) in [5.41, 5.74) is 1.73. The summed E-state index contributed by atoms with van der Waals surface area (Å²) < 4.78 is 42.1. The summed E-state index contributed by atoms with van der Waals surface area (Å²) in [7, 11) is 0. The normalized spacial score (nSPS) is 28.3. The van der Waals surface area contributed by atoms with Crippen LogP contribution < -0.4 is 9.47 Å². The second-order valence-corrected chi connectivity index (χ2v) is 9.78. The Labute approximate surface area is 180 Å². The lowest BCUT2D eigenvalue weighted by Gasteiger charge is -2.38. The molecule has 0 spiro atoms. The van der Waals surface area contributed by atoms with Crippen molar-refractivity contribution < 1.29 is 18.3 Å². The van der Waals surface area contributed by atoms with E-state index in [1.54, 1.807) is 0 Å². The second kappa shape index (κ2) is 9.87. The molecule has 1 aromatic rings. The standard InChI is InChI=1S/C26H38F2O2/c1-3-5-6-8-19-13-14-20-21-15-16-22(18-11-9-17(7-4-2)10-12-18)30-26(21)24(28)23(27)25(20)29-19/h17-19,22H,3-16H2,1-2H3/t17?,18?,19-,22?/m1/s1. The summed E-state index contributed by atoms with van der Waals surface area (Å²) in [6.07, 6.45) is 15.1. The van der Waals surface area contributed by atoms with E-state index in [1.165, 1.54) is 25.7 Å². The van der Waals surface area contributed by atoms with E-state index in [0.29, 0.717) is 5.92 Å². The number of fused-ring (bicyclic) bond motifs is 3. The van der Waals surface area contributed by atoms with Gasteiger partial charge in [0.05, 0.1) is 6.10 Å². The fraction of sp³-hybridized carbons (Fsp3) is 0.769. The van der Waals surface area contributed by atoms with Gasteiger partial charge < -0.3 is 9.47 Å². The highest BCUT2D eigenvalue weighted by atomic mass is 19.2. The Hall–Kier alpha value is -1.32. The molecule has 4 rings (SSSR count). The molecular weight excluding hydrogens is 382 g/mol. The Kier molecular flexibility index (Phi) is 7.20. The molecular formula is C26H38F2O2. The lowest BCUT2D eigenvalue weighted by atomic mass is 9.76. The molecule has 3 aliphatic rings. The first-order chi connectivity index (χ1) is 14.6. The van der Waals surface area contributed by atoms with Crippen molar-refractivity contribution in [3.8, 4) is 11.5 Å². The minimum Gasteiger partial charge on any atom is -0.487 e. The van der Waals surface area contributed by atoms with Crippen molar-refractivity contribution in [2.24, 2.45) is 11.8 Å². The lowest BCUT2D eigenvalue weighted by molar-refractivity contribution is 0.0689. The molecule has 1 fully saturated rings. The zero-order chi connectivity index (χ0) is 21.1. The van der Waals surface area contributed by atoms with Gasteiger partial charge in [0.25, 0.3) is 0 Å². The summed E-state index contributed by atoms with van der Waals surface area (Å²) in [4.78, 5) is 0. The lowest BCUT2D eigenvalue weighted by Crippen LogP contribution is -2.35. The summed E-state index contributed by atoms with van der Waals surface area (Å²) in [6.45, 7) is 4.42. The van der Waals surface area contributed by atoms with Gasteiger partial charge in [-0.15, -0.1) is 0 Å². The average molecular weight is 421 g/mol.